The zero-order valence-electron chi connectivity index (χ0n) is 17.8. The van der Waals surface area contributed by atoms with Crippen molar-refractivity contribution in [2.75, 3.05) is 25.5 Å². The second kappa shape index (κ2) is 9.80. The van der Waals surface area contributed by atoms with Crippen molar-refractivity contribution in [1.29, 1.82) is 5.26 Å². The number of ether oxygens (including phenoxy) is 1. The molecule has 0 unspecified atom stereocenters. The van der Waals surface area contributed by atoms with Crippen LogP contribution in [-0.2, 0) is 19.6 Å². The average Bonchev–Trinajstić information content (AvgIpc) is 3.17. The number of methoxy groups -OCH3 is 1. The minimum Gasteiger partial charge on any atom is -0.465 e. The first-order valence-corrected chi connectivity index (χ1v) is 11.4. The van der Waals surface area contributed by atoms with Gasteiger partial charge in [-0.2, -0.15) is 9.57 Å². The maximum absolute atomic E-state index is 12.9. The lowest BCUT2D eigenvalue weighted by molar-refractivity contribution is -0.112. The molecule has 2 aromatic rings. The monoisotopic (exact) mass is 457 g/mol. The Balaban J connectivity index is 1.80. The van der Waals surface area contributed by atoms with Gasteiger partial charge in [0.2, 0.25) is 10.0 Å². The molecular formula is C22H23N3O6S. The van der Waals surface area contributed by atoms with E-state index in [0.717, 1.165) is 19.3 Å². The molecule has 0 saturated carbocycles. The molecule has 0 spiro atoms. The van der Waals surface area contributed by atoms with E-state index < -0.39 is 21.9 Å². The summed E-state index contributed by atoms with van der Waals surface area (Å²) < 4.78 is 37.2. The minimum absolute atomic E-state index is 0.0732. The van der Waals surface area contributed by atoms with Gasteiger partial charge in [-0.15, -0.1) is 0 Å². The standard InChI is InChI=1S/C22H23N3O6S/c1-15-20(22(27)30-2)13-18(31-15)11-16(14-23)21(26)24-17-7-6-8-19(12-17)32(28,29)25-9-4-3-5-10-25/h6-8,11-13H,3-5,9-10H2,1-2H3,(H,24,26)/b16-11+. The topological polar surface area (TPSA) is 130 Å². The summed E-state index contributed by atoms with van der Waals surface area (Å²) in [5.41, 5.74) is 0.145. The Morgan fingerprint density at radius 2 is 1.94 bits per heavy atom. The van der Waals surface area contributed by atoms with Crippen LogP contribution in [0.5, 0.6) is 0 Å². The van der Waals surface area contributed by atoms with E-state index >= 15 is 0 Å². The first-order chi connectivity index (χ1) is 15.3. The van der Waals surface area contributed by atoms with Crippen LogP contribution in [0, 0.1) is 18.3 Å². The highest BCUT2D eigenvalue weighted by Gasteiger charge is 2.26. The molecule has 1 aromatic heterocycles. The Morgan fingerprint density at radius 1 is 1.22 bits per heavy atom. The van der Waals surface area contributed by atoms with Gasteiger partial charge in [-0.25, -0.2) is 13.2 Å². The summed E-state index contributed by atoms with van der Waals surface area (Å²) in [7, 11) is -2.43. The van der Waals surface area contributed by atoms with Crippen LogP contribution in [0.4, 0.5) is 5.69 Å². The van der Waals surface area contributed by atoms with E-state index in [0.29, 0.717) is 13.1 Å². The van der Waals surface area contributed by atoms with Gasteiger partial charge in [-0.1, -0.05) is 12.5 Å². The van der Waals surface area contributed by atoms with Gasteiger partial charge in [-0.3, -0.25) is 4.79 Å². The van der Waals surface area contributed by atoms with Crippen molar-refractivity contribution in [2.24, 2.45) is 0 Å². The molecule has 1 saturated heterocycles. The predicted octanol–water partition coefficient (Wildman–Crippen LogP) is 3.09. The molecule has 0 bridgehead atoms. The SMILES string of the molecule is COC(=O)c1cc(/C=C(\C#N)C(=O)Nc2cccc(S(=O)(=O)N3CCCCC3)c2)oc1C. The molecule has 32 heavy (non-hydrogen) atoms. The molecule has 1 amide bonds. The first-order valence-electron chi connectivity index (χ1n) is 9.98. The number of carbonyl (C=O) groups excluding carboxylic acids is 2. The number of amides is 1. The number of rotatable bonds is 6. The quantitative estimate of drug-likeness (QED) is 0.401. The molecule has 9 nitrogen and oxygen atoms in total. The number of aryl methyl sites for hydroxylation is 1. The van der Waals surface area contributed by atoms with E-state index in [1.807, 2.05) is 0 Å². The normalized spacial score (nSPS) is 15.1. The van der Waals surface area contributed by atoms with Crippen molar-refractivity contribution < 1.29 is 27.2 Å². The highest BCUT2D eigenvalue weighted by Crippen LogP contribution is 2.23. The number of nitrogens with one attached hydrogen (secondary N) is 1. The van der Waals surface area contributed by atoms with Gasteiger partial charge in [0.1, 0.15) is 28.7 Å². The number of sulfonamides is 1. The number of hydrogen-bond donors (Lipinski definition) is 1. The Labute approximate surface area is 186 Å². The van der Waals surface area contributed by atoms with Crippen molar-refractivity contribution in [3.63, 3.8) is 0 Å². The summed E-state index contributed by atoms with van der Waals surface area (Å²) in [6.07, 6.45) is 3.83. The molecule has 1 aliphatic heterocycles. The minimum atomic E-state index is -3.66. The number of hydrogen-bond acceptors (Lipinski definition) is 7. The maximum Gasteiger partial charge on any atom is 0.341 e. The molecule has 10 heteroatoms. The molecule has 168 valence electrons. The second-order valence-corrected chi connectivity index (χ2v) is 9.16. The van der Waals surface area contributed by atoms with Gasteiger partial charge >= 0.3 is 5.97 Å². The average molecular weight is 458 g/mol. The Kier molecular flexibility index (Phi) is 7.12. The largest absolute Gasteiger partial charge is 0.465 e. The van der Waals surface area contributed by atoms with Gasteiger partial charge in [0.25, 0.3) is 5.91 Å². The number of nitrogens with zero attached hydrogens (tertiary/aromatic N) is 2. The van der Waals surface area contributed by atoms with Gasteiger partial charge in [-0.05, 0) is 44.0 Å². The fourth-order valence-corrected chi connectivity index (χ4v) is 4.93. The molecular weight excluding hydrogens is 434 g/mol. The van der Waals surface area contributed by atoms with Crippen LogP contribution < -0.4 is 5.32 Å². The molecule has 3 rings (SSSR count). The van der Waals surface area contributed by atoms with Crippen molar-refractivity contribution in [1.82, 2.24) is 4.31 Å². The van der Waals surface area contributed by atoms with Crippen LogP contribution in [0.1, 0.15) is 41.1 Å². The summed E-state index contributed by atoms with van der Waals surface area (Å²) in [4.78, 5) is 24.4. The number of furan rings is 1. The summed E-state index contributed by atoms with van der Waals surface area (Å²) >= 11 is 0. The van der Waals surface area contributed by atoms with Crippen molar-refractivity contribution in [2.45, 2.75) is 31.1 Å². The number of benzene rings is 1. The van der Waals surface area contributed by atoms with Crippen LogP contribution in [0.15, 0.2) is 45.2 Å². The van der Waals surface area contributed by atoms with Gasteiger partial charge in [0, 0.05) is 24.9 Å². The summed E-state index contributed by atoms with van der Waals surface area (Å²) in [5.74, 6) is -0.915. The number of esters is 1. The second-order valence-electron chi connectivity index (χ2n) is 7.23. The maximum atomic E-state index is 12.9. The summed E-state index contributed by atoms with van der Waals surface area (Å²) in [6.45, 7) is 2.50. The molecule has 1 aromatic carbocycles. The number of piperidine rings is 1. The van der Waals surface area contributed by atoms with Crippen LogP contribution in [0.2, 0.25) is 0 Å². The predicted molar refractivity (Wildman–Crippen MR) is 116 cm³/mol. The van der Waals surface area contributed by atoms with E-state index in [-0.39, 0.29) is 33.2 Å². The van der Waals surface area contributed by atoms with Crippen LogP contribution in [-0.4, -0.2) is 44.8 Å². The summed E-state index contributed by atoms with van der Waals surface area (Å²) in [5, 5.41) is 11.9. The molecule has 1 N–H and O–H groups in total. The molecule has 0 aliphatic carbocycles. The number of carbonyl (C=O) groups is 2. The lowest BCUT2D eigenvalue weighted by Gasteiger charge is -2.26. The van der Waals surface area contributed by atoms with Crippen LogP contribution >= 0.6 is 0 Å². The Morgan fingerprint density at radius 3 is 2.59 bits per heavy atom. The molecule has 1 fully saturated rings. The van der Waals surface area contributed by atoms with E-state index in [1.54, 1.807) is 13.0 Å². The molecule has 0 radical (unpaired) electrons. The van der Waals surface area contributed by atoms with E-state index in [1.165, 1.54) is 47.8 Å². The van der Waals surface area contributed by atoms with Crippen LogP contribution in [0.25, 0.3) is 6.08 Å². The Bertz CT molecular complexity index is 1200. The van der Waals surface area contributed by atoms with E-state index in [9.17, 15) is 23.3 Å². The third-order valence-electron chi connectivity index (χ3n) is 5.04. The fraction of sp³-hybridized carbons (Fsp3) is 0.318. The molecule has 0 atom stereocenters. The third-order valence-corrected chi connectivity index (χ3v) is 6.93. The fourth-order valence-electron chi connectivity index (χ4n) is 3.37. The van der Waals surface area contributed by atoms with Crippen molar-refractivity contribution in [3.8, 4) is 6.07 Å². The number of anilines is 1. The smallest absolute Gasteiger partial charge is 0.341 e. The van der Waals surface area contributed by atoms with Crippen LogP contribution in [0.3, 0.4) is 0 Å². The highest BCUT2D eigenvalue weighted by molar-refractivity contribution is 7.89. The van der Waals surface area contributed by atoms with Crippen molar-refractivity contribution >= 4 is 33.7 Å². The zero-order chi connectivity index (χ0) is 23.3. The lowest BCUT2D eigenvalue weighted by atomic mass is 10.2. The Hall–Kier alpha value is -3.42. The van der Waals surface area contributed by atoms with Gasteiger partial charge in [0.15, 0.2) is 0 Å². The van der Waals surface area contributed by atoms with Gasteiger partial charge < -0.3 is 14.5 Å². The highest BCUT2D eigenvalue weighted by atomic mass is 32.2. The van der Waals surface area contributed by atoms with E-state index in [4.69, 9.17) is 4.42 Å². The first kappa shape index (κ1) is 23.2. The number of nitriles is 1. The lowest BCUT2D eigenvalue weighted by Crippen LogP contribution is -2.35. The van der Waals surface area contributed by atoms with E-state index in [2.05, 4.69) is 10.1 Å². The molecule has 2 heterocycles. The van der Waals surface area contributed by atoms with Crippen molar-refractivity contribution in [3.05, 3.63) is 53.0 Å². The van der Waals surface area contributed by atoms with Gasteiger partial charge in [0.05, 0.1) is 12.0 Å². The summed E-state index contributed by atoms with van der Waals surface area (Å²) in [6, 6.07) is 9.06. The molecule has 1 aliphatic rings. The zero-order valence-corrected chi connectivity index (χ0v) is 18.6. The third kappa shape index (κ3) is 5.07.